The molecule has 3 rings (SSSR count). The molecule has 0 aliphatic heterocycles. The third kappa shape index (κ3) is 5.93. The summed E-state index contributed by atoms with van der Waals surface area (Å²) >= 11 is 0. The molecule has 0 bridgehead atoms. The molecule has 0 saturated heterocycles. The van der Waals surface area contributed by atoms with E-state index in [1.165, 1.54) is 42.7 Å². The van der Waals surface area contributed by atoms with Crippen LogP contribution in [0.3, 0.4) is 0 Å². The van der Waals surface area contributed by atoms with Crippen LogP contribution >= 0.6 is 0 Å². The lowest BCUT2D eigenvalue weighted by atomic mass is 10.1. The summed E-state index contributed by atoms with van der Waals surface area (Å²) in [4.78, 5) is 10.4. The number of aryl methyl sites for hydroxylation is 1. The van der Waals surface area contributed by atoms with Gasteiger partial charge in [0.25, 0.3) is 0 Å². The predicted octanol–water partition coefficient (Wildman–Crippen LogP) is 4.17. The van der Waals surface area contributed by atoms with Gasteiger partial charge in [-0.15, -0.1) is 0 Å². The highest BCUT2D eigenvalue weighted by Gasteiger charge is 2.25. The second-order valence-corrected chi connectivity index (χ2v) is 9.56. The summed E-state index contributed by atoms with van der Waals surface area (Å²) in [6.45, 7) is 0.277. The molecule has 1 heterocycles. The van der Waals surface area contributed by atoms with Crippen molar-refractivity contribution in [3.8, 4) is 17.0 Å². The number of nitro benzene ring substituents is 1. The third-order valence-electron chi connectivity index (χ3n) is 5.23. The molecule has 0 saturated carbocycles. The van der Waals surface area contributed by atoms with Crippen LogP contribution in [0, 0.1) is 15.9 Å². The smallest absolute Gasteiger partial charge is 0.312 e. The van der Waals surface area contributed by atoms with E-state index < -0.39 is 20.6 Å². The van der Waals surface area contributed by atoms with Gasteiger partial charge in [-0.1, -0.05) is 18.6 Å². The maximum Gasteiger partial charge on any atom is 0.312 e. The molecular formula is C22H25FN4O5S. The van der Waals surface area contributed by atoms with Crippen molar-refractivity contribution in [1.82, 2.24) is 14.5 Å². The van der Waals surface area contributed by atoms with Crippen LogP contribution in [0.5, 0.6) is 5.75 Å². The van der Waals surface area contributed by atoms with Crippen molar-refractivity contribution in [2.24, 2.45) is 0 Å². The van der Waals surface area contributed by atoms with Crippen LogP contribution in [-0.2, 0) is 16.4 Å². The van der Waals surface area contributed by atoms with Gasteiger partial charge >= 0.3 is 5.69 Å². The number of methoxy groups -OCH3 is 1. The van der Waals surface area contributed by atoms with Gasteiger partial charge in [0.05, 0.1) is 22.6 Å². The van der Waals surface area contributed by atoms with Crippen molar-refractivity contribution in [3.63, 3.8) is 0 Å². The van der Waals surface area contributed by atoms with Crippen LogP contribution in [0.15, 0.2) is 53.4 Å². The topological polar surface area (TPSA) is 118 Å². The molecule has 176 valence electrons. The van der Waals surface area contributed by atoms with Crippen molar-refractivity contribution in [1.29, 1.82) is 0 Å². The normalized spacial score (nSPS) is 11.6. The van der Waals surface area contributed by atoms with Crippen LogP contribution in [0.25, 0.3) is 11.3 Å². The van der Waals surface area contributed by atoms with E-state index in [4.69, 9.17) is 4.74 Å². The second kappa shape index (κ2) is 10.5. The lowest BCUT2D eigenvalue weighted by molar-refractivity contribution is -0.386. The van der Waals surface area contributed by atoms with Crippen molar-refractivity contribution < 1.29 is 22.5 Å². The molecule has 0 aliphatic rings. The van der Waals surface area contributed by atoms with E-state index in [-0.39, 0.29) is 23.0 Å². The average Bonchev–Trinajstić information content (AvgIpc) is 3.27. The molecule has 0 atom stereocenters. The fourth-order valence-electron chi connectivity index (χ4n) is 3.39. The van der Waals surface area contributed by atoms with Crippen LogP contribution in [0.2, 0.25) is 0 Å². The number of benzene rings is 2. The average molecular weight is 477 g/mol. The fraction of sp³-hybridized carbons (Fsp3) is 0.318. The van der Waals surface area contributed by atoms with Crippen LogP contribution < -0.4 is 4.74 Å². The number of rotatable bonds is 11. The summed E-state index contributed by atoms with van der Waals surface area (Å²) in [6.07, 6.45) is 2.94. The number of ether oxygens (including phenoxy) is 1. The molecule has 33 heavy (non-hydrogen) atoms. The number of hydrogen-bond donors (Lipinski definition) is 1. The quantitative estimate of drug-likeness (QED) is 0.252. The molecular weight excluding hydrogens is 451 g/mol. The van der Waals surface area contributed by atoms with Crippen LogP contribution in [0.4, 0.5) is 10.1 Å². The van der Waals surface area contributed by atoms with Gasteiger partial charge in [-0.05, 0) is 49.6 Å². The molecule has 0 aliphatic carbocycles. The molecule has 3 aromatic rings. The van der Waals surface area contributed by atoms with Gasteiger partial charge < -0.3 is 4.74 Å². The number of nitro groups is 1. The minimum absolute atomic E-state index is 0.000894. The second-order valence-electron chi connectivity index (χ2n) is 7.52. The Morgan fingerprint density at radius 1 is 1.15 bits per heavy atom. The van der Waals surface area contributed by atoms with Crippen LogP contribution in [-0.4, -0.2) is 48.5 Å². The Morgan fingerprint density at radius 3 is 2.64 bits per heavy atom. The molecule has 0 spiro atoms. The van der Waals surface area contributed by atoms with Crippen molar-refractivity contribution >= 4 is 15.7 Å². The largest absolute Gasteiger partial charge is 0.490 e. The number of sulfonamides is 1. The number of nitrogens with zero attached hydrogens (tertiary/aromatic N) is 3. The van der Waals surface area contributed by atoms with E-state index in [2.05, 4.69) is 10.2 Å². The first-order chi connectivity index (χ1) is 15.7. The summed E-state index contributed by atoms with van der Waals surface area (Å²) in [5.41, 5.74) is 1.89. The Balaban J connectivity index is 1.51. The van der Waals surface area contributed by atoms with Gasteiger partial charge in [0.15, 0.2) is 5.75 Å². The van der Waals surface area contributed by atoms with Crippen molar-refractivity contribution in [2.45, 2.75) is 30.6 Å². The molecule has 0 fully saturated rings. The number of halogens is 1. The van der Waals surface area contributed by atoms with Crippen molar-refractivity contribution in [2.75, 3.05) is 20.7 Å². The molecule has 11 heteroatoms. The van der Waals surface area contributed by atoms with E-state index in [0.29, 0.717) is 17.7 Å². The Labute approximate surface area is 191 Å². The number of unbranched alkanes of at least 4 members (excludes halogenated alkanes) is 2. The molecule has 0 radical (unpaired) electrons. The molecule has 9 nitrogen and oxygen atoms in total. The van der Waals surface area contributed by atoms with Gasteiger partial charge in [0, 0.05) is 30.9 Å². The van der Waals surface area contributed by atoms with E-state index in [9.17, 15) is 22.9 Å². The monoisotopic (exact) mass is 476 g/mol. The first kappa shape index (κ1) is 24.3. The van der Waals surface area contributed by atoms with Gasteiger partial charge in [-0.2, -0.15) is 5.10 Å². The highest BCUT2D eigenvalue weighted by Crippen LogP contribution is 2.30. The lowest BCUT2D eigenvalue weighted by Crippen LogP contribution is -2.28. The van der Waals surface area contributed by atoms with E-state index in [1.54, 1.807) is 12.1 Å². The number of aromatic amines is 1. The summed E-state index contributed by atoms with van der Waals surface area (Å²) in [5, 5.41) is 18.3. The molecule has 0 unspecified atom stereocenters. The number of aromatic nitrogens is 2. The van der Waals surface area contributed by atoms with Crippen LogP contribution in [0.1, 0.15) is 25.0 Å². The zero-order valence-electron chi connectivity index (χ0n) is 18.3. The highest BCUT2D eigenvalue weighted by atomic mass is 32.2. The molecule has 1 aromatic heterocycles. The Hall–Kier alpha value is -3.31. The molecule has 1 N–H and O–H groups in total. The highest BCUT2D eigenvalue weighted by molar-refractivity contribution is 7.89. The van der Waals surface area contributed by atoms with E-state index >= 15 is 0 Å². The number of nitrogens with one attached hydrogen (secondary N) is 1. The summed E-state index contributed by atoms with van der Waals surface area (Å²) in [6, 6.07) is 11.7. The standard InChI is InChI=1S/C22H25FN4O5S/c1-26(33(30,31)19-10-11-22(32-2)21(15-19)27(28)29)12-5-3-4-9-18-14-20(25-24-18)16-7-6-8-17(23)13-16/h6-8,10-11,13-15H,3-5,9,12H2,1-2H3,(H,24,25). The fourth-order valence-corrected chi connectivity index (χ4v) is 4.62. The predicted molar refractivity (Wildman–Crippen MR) is 121 cm³/mol. The Bertz CT molecular complexity index is 1230. The van der Waals surface area contributed by atoms with Crippen molar-refractivity contribution in [3.05, 3.63) is 70.2 Å². The SMILES string of the molecule is COc1ccc(S(=O)(=O)N(C)CCCCCc2cc(-c3cccc(F)c3)n[nH]2)cc1[N+](=O)[O-]. The zero-order valence-corrected chi connectivity index (χ0v) is 19.1. The number of hydrogen-bond acceptors (Lipinski definition) is 6. The lowest BCUT2D eigenvalue weighted by Gasteiger charge is -2.17. The Morgan fingerprint density at radius 2 is 1.94 bits per heavy atom. The van der Waals surface area contributed by atoms with Gasteiger partial charge in [-0.25, -0.2) is 17.1 Å². The van der Waals surface area contributed by atoms with Gasteiger partial charge in [-0.3, -0.25) is 15.2 Å². The first-order valence-electron chi connectivity index (χ1n) is 10.3. The summed E-state index contributed by atoms with van der Waals surface area (Å²) < 4.78 is 45.0. The van der Waals surface area contributed by atoms with E-state index in [0.717, 1.165) is 31.0 Å². The first-order valence-corrected chi connectivity index (χ1v) is 11.8. The molecule has 0 amide bonds. The minimum atomic E-state index is -3.86. The third-order valence-corrected chi connectivity index (χ3v) is 7.08. The van der Waals surface area contributed by atoms with Gasteiger partial charge in [0.2, 0.25) is 10.0 Å². The van der Waals surface area contributed by atoms with E-state index in [1.807, 2.05) is 6.07 Å². The maximum absolute atomic E-state index is 13.4. The zero-order chi connectivity index (χ0) is 24.0. The summed E-state index contributed by atoms with van der Waals surface area (Å²) in [5.74, 6) is -0.318. The number of H-pyrrole nitrogens is 1. The Kier molecular flexibility index (Phi) is 7.77. The maximum atomic E-state index is 13.4. The minimum Gasteiger partial charge on any atom is -0.490 e. The summed E-state index contributed by atoms with van der Waals surface area (Å²) in [7, 11) is -1.13. The van der Waals surface area contributed by atoms with Gasteiger partial charge in [0.1, 0.15) is 5.82 Å². The molecule has 2 aromatic carbocycles.